The maximum absolute atomic E-state index is 6.68. The second kappa shape index (κ2) is 7.63. The Morgan fingerprint density at radius 2 is 2.00 bits per heavy atom. The van der Waals surface area contributed by atoms with E-state index in [4.69, 9.17) is 11.3 Å². The van der Waals surface area contributed by atoms with E-state index in [2.05, 4.69) is 30.4 Å². The van der Waals surface area contributed by atoms with Gasteiger partial charge in [0.1, 0.15) is 12.2 Å². The Labute approximate surface area is 116 Å². The Kier molecular flexibility index (Phi) is 6.93. The lowest BCUT2D eigenvalue weighted by atomic mass is 9.97. The van der Waals surface area contributed by atoms with Crippen molar-refractivity contribution in [3.8, 4) is 0 Å². The number of hydrogen-bond donors (Lipinski definition) is 2. The van der Waals surface area contributed by atoms with Crippen molar-refractivity contribution in [1.29, 1.82) is 5.53 Å². The summed E-state index contributed by atoms with van der Waals surface area (Å²) in [6, 6.07) is 0. The molecule has 5 nitrogen and oxygen atoms in total. The van der Waals surface area contributed by atoms with Crippen LogP contribution in [0.15, 0.2) is 46.9 Å². The van der Waals surface area contributed by atoms with E-state index in [0.717, 1.165) is 17.7 Å². The SMILES string of the molecule is C=C(C=CC)CC(C)C(=C)[N+](C)(C)CC(N)=NN=N. The van der Waals surface area contributed by atoms with Crippen LogP contribution in [0.2, 0.25) is 0 Å². The lowest BCUT2D eigenvalue weighted by molar-refractivity contribution is -0.846. The number of likely N-dealkylation sites (N-methyl/N-ethyl adjacent to an activating group) is 1. The predicted molar refractivity (Wildman–Crippen MR) is 80.6 cm³/mol. The van der Waals surface area contributed by atoms with Crippen LogP contribution < -0.4 is 5.73 Å². The van der Waals surface area contributed by atoms with E-state index in [-0.39, 0.29) is 0 Å². The Morgan fingerprint density at radius 1 is 1.42 bits per heavy atom. The van der Waals surface area contributed by atoms with Crippen molar-refractivity contribution in [2.24, 2.45) is 22.0 Å². The quantitative estimate of drug-likeness (QED) is 0.173. The second-order valence-corrected chi connectivity index (χ2v) is 5.29. The van der Waals surface area contributed by atoms with Crippen LogP contribution in [-0.2, 0) is 0 Å². The summed E-state index contributed by atoms with van der Waals surface area (Å²) in [5.74, 6) is 0.625. The molecule has 0 bridgehead atoms. The van der Waals surface area contributed by atoms with Gasteiger partial charge in [-0.1, -0.05) is 36.5 Å². The zero-order chi connectivity index (χ0) is 15.1. The van der Waals surface area contributed by atoms with E-state index in [1.54, 1.807) is 0 Å². The summed E-state index contributed by atoms with van der Waals surface area (Å²) < 4.78 is 0.523. The van der Waals surface area contributed by atoms with Crippen LogP contribution >= 0.6 is 0 Å². The van der Waals surface area contributed by atoms with E-state index in [1.165, 1.54) is 0 Å². The molecule has 106 valence electrons. The van der Waals surface area contributed by atoms with E-state index >= 15 is 0 Å². The average molecular weight is 264 g/mol. The molecule has 3 N–H and O–H groups in total. The van der Waals surface area contributed by atoms with Crippen molar-refractivity contribution in [1.82, 2.24) is 0 Å². The molecule has 0 aromatic heterocycles. The highest BCUT2D eigenvalue weighted by Gasteiger charge is 2.26. The summed E-state index contributed by atoms with van der Waals surface area (Å²) in [4.78, 5) is 0. The highest BCUT2D eigenvalue weighted by atomic mass is 15.4. The molecule has 19 heavy (non-hydrogen) atoms. The third kappa shape index (κ3) is 6.10. The van der Waals surface area contributed by atoms with Crippen LogP contribution in [0.25, 0.3) is 0 Å². The lowest BCUT2D eigenvalue weighted by Gasteiger charge is -2.33. The van der Waals surface area contributed by atoms with E-state index in [9.17, 15) is 0 Å². The van der Waals surface area contributed by atoms with Gasteiger partial charge in [0.05, 0.1) is 14.1 Å². The summed E-state index contributed by atoms with van der Waals surface area (Å²) in [7, 11) is 4.03. The van der Waals surface area contributed by atoms with Crippen molar-refractivity contribution in [2.75, 3.05) is 20.6 Å². The summed E-state index contributed by atoms with van der Waals surface area (Å²) >= 11 is 0. The minimum Gasteiger partial charge on any atom is -0.381 e. The lowest BCUT2D eigenvalue weighted by Crippen LogP contribution is -2.46. The van der Waals surface area contributed by atoms with Gasteiger partial charge < -0.3 is 5.73 Å². The fraction of sp³-hybridized carbons (Fsp3) is 0.500. The molecular weight excluding hydrogens is 238 g/mol. The summed E-state index contributed by atoms with van der Waals surface area (Å²) in [5, 5.41) is 6.49. The van der Waals surface area contributed by atoms with Crippen LogP contribution in [0, 0.1) is 11.4 Å². The van der Waals surface area contributed by atoms with Crippen LogP contribution in [0.1, 0.15) is 20.3 Å². The van der Waals surface area contributed by atoms with E-state index in [0.29, 0.717) is 22.8 Å². The number of nitrogens with zero attached hydrogens (tertiary/aromatic N) is 3. The Bertz CT molecular complexity index is 404. The van der Waals surface area contributed by atoms with Gasteiger partial charge in [-0.15, -0.1) is 5.10 Å². The Morgan fingerprint density at radius 3 is 2.47 bits per heavy atom. The highest BCUT2D eigenvalue weighted by molar-refractivity contribution is 5.81. The highest BCUT2D eigenvalue weighted by Crippen LogP contribution is 2.24. The largest absolute Gasteiger partial charge is 0.381 e. The fourth-order valence-electron chi connectivity index (χ4n) is 2.01. The third-order valence-electron chi connectivity index (χ3n) is 3.05. The van der Waals surface area contributed by atoms with Gasteiger partial charge in [-0.25, -0.2) is 0 Å². The van der Waals surface area contributed by atoms with Crippen LogP contribution in [0.3, 0.4) is 0 Å². The molecule has 5 heteroatoms. The minimum absolute atomic E-state index is 0.291. The zero-order valence-corrected chi connectivity index (χ0v) is 12.5. The van der Waals surface area contributed by atoms with Gasteiger partial charge in [0.25, 0.3) is 0 Å². The molecule has 0 saturated heterocycles. The topological polar surface area (TPSA) is 74.6 Å². The molecule has 1 atom stereocenters. The van der Waals surface area contributed by atoms with Gasteiger partial charge in [0.2, 0.25) is 0 Å². The van der Waals surface area contributed by atoms with Gasteiger partial charge in [0.15, 0.2) is 5.84 Å². The van der Waals surface area contributed by atoms with Gasteiger partial charge in [-0.05, 0) is 19.9 Å². The molecule has 0 aliphatic carbocycles. The number of hydrogen-bond acceptors (Lipinski definition) is 2. The van der Waals surface area contributed by atoms with Gasteiger partial charge in [-0.2, -0.15) is 5.53 Å². The Hall–Kier alpha value is -1.75. The van der Waals surface area contributed by atoms with E-state index in [1.807, 2.05) is 33.2 Å². The van der Waals surface area contributed by atoms with Crippen LogP contribution in [-0.4, -0.2) is 31.0 Å². The number of nitrogens with one attached hydrogen (secondary N) is 1. The normalized spacial score (nSPS) is 14.4. The number of amidine groups is 1. The van der Waals surface area contributed by atoms with Crippen molar-refractivity contribution in [3.05, 3.63) is 36.6 Å². The van der Waals surface area contributed by atoms with Gasteiger partial charge in [-0.3, -0.25) is 4.48 Å². The molecule has 0 saturated carbocycles. The first-order valence-electron chi connectivity index (χ1n) is 6.26. The molecule has 0 aliphatic rings. The maximum atomic E-state index is 6.68. The third-order valence-corrected chi connectivity index (χ3v) is 3.05. The molecule has 0 aliphatic heterocycles. The number of quaternary nitrogens is 1. The number of allylic oxidation sites excluding steroid dienone is 4. The van der Waals surface area contributed by atoms with Gasteiger partial charge in [0, 0.05) is 5.92 Å². The maximum Gasteiger partial charge on any atom is 0.179 e. The first kappa shape index (κ1) is 17.2. The first-order chi connectivity index (χ1) is 8.74. The molecule has 1 unspecified atom stereocenters. The summed E-state index contributed by atoms with van der Waals surface area (Å²) in [6.07, 6.45) is 4.86. The van der Waals surface area contributed by atoms with E-state index < -0.39 is 0 Å². The molecule has 0 amide bonds. The van der Waals surface area contributed by atoms with Crippen molar-refractivity contribution < 1.29 is 4.48 Å². The molecule has 0 spiro atoms. The van der Waals surface area contributed by atoms with Crippen LogP contribution in [0.4, 0.5) is 0 Å². The first-order valence-corrected chi connectivity index (χ1v) is 6.26. The molecular formula is C14H26N5+. The zero-order valence-electron chi connectivity index (χ0n) is 12.5. The fourth-order valence-corrected chi connectivity index (χ4v) is 2.01. The number of nitrogens with two attached hydrogens (primary N) is 1. The molecule has 0 radical (unpaired) electrons. The van der Waals surface area contributed by atoms with Crippen molar-refractivity contribution in [2.45, 2.75) is 20.3 Å². The molecule has 0 fully saturated rings. The second-order valence-electron chi connectivity index (χ2n) is 5.29. The monoisotopic (exact) mass is 264 g/mol. The smallest absolute Gasteiger partial charge is 0.179 e. The standard InChI is InChI=1S/C14H26N5/c1-7-8-11(2)9-12(3)13(4)19(5,6)10-14(15)17-18-16/h7-8,12H,2,4,9-10H2,1,3,5-6H3,(H3,15,16,17)/q+1. The molecule has 0 rings (SSSR count). The Balaban J connectivity index is 4.73. The van der Waals surface area contributed by atoms with Crippen LogP contribution in [0.5, 0.6) is 0 Å². The van der Waals surface area contributed by atoms with Gasteiger partial charge >= 0.3 is 0 Å². The summed E-state index contributed by atoms with van der Waals surface area (Å²) in [5.41, 5.74) is 14.5. The molecule has 0 aromatic rings. The average Bonchev–Trinajstić information content (AvgIpc) is 2.27. The molecule has 0 aromatic carbocycles. The number of rotatable bonds is 8. The summed E-state index contributed by atoms with van der Waals surface area (Å²) in [6.45, 7) is 12.8. The predicted octanol–water partition coefficient (Wildman–Crippen LogP) is 3.04. The van der Waals surface area contributed by atoms with Crippen molar-refractivity contribution in [3.63, 3.8) is 0 Å². The van der Waals surface area contributed by atoms with Crippen molar-refractivity contribution >= 4 is 5.84 Å². The molecule has 0 heterocycles. The minimum atomic E-state index is 0.291.